The molecule has 6 heteroatoms. The summed E-state index contributed by atoms with van der Waals surface area (Å²) in [5, 5.41) is 0.540. The van der Waals surface area contributed by atoms with Crippen LogP contribution in [0.5, 0.6) is 0 Å². The molecule has 0 spiro atoms. The molecule has 0 fully saturated rings. The molecule has 1 aliphatic heterocycles. The van der Waals surface area contributed by atoms with Crippen molar-refractivity contribution in [2.24, 2.45) is 5.84 Å². The van der Waals surface area contributed by atoms with E-state index in [9.17, 15) is 4.79 Å². The van der Waals surface area contributed by atoms with E-state index in [1.54, 1.807) is 17.8 Å². The number of thioether (sulfide) groups is 1. The lowest BCUT2D eigenvalue weighted by molar-refractivity contribution is -0.957. The number of quaternary nitrogens is 1. The Morgan fingerprint density at radius 2 is 2.14 bits per heavy atom. The van der Waals surface area contributed by atoms with Gasteiger partial charge in [0.2, 0.25) is 6.04 Å². The molecule has 2 atom stereocenters. The molecule has 1 unspecified atom stereocenters. The van der Waals surface area contributed by atoms with Gasteiger partial charge in [0.25, 0.3) is 0 Å². The molecule has 4 nitrogen and oxygen atoms in total. The Balaban J connectivity index is 2.45. The third-order valence-corrected chi connectivity index (χ3v) is 5.54. The molecule has 1 aromatic carbocycles. The van der Waals surface area contributed by atoms with Crippen LogP contribution in [0.25, 0.3) is 0 Å². The summed E-state index contributed by atoms with van der Waals surface area (Å²) < 4.78 is 5.12. The van der Waals surface area contributed by atoms with Gasteiger partial charge in [0, 0.05) is 12.0 Å². The third-order valence-electron chi connectivity index (χ3n) is 4.15. The number of hydrogen-bond acceptors (Lipinski definition) is 4. The number of rotatable bonds is 4. The number of methoxy groups -OCH3 is 1. The van der Waals surface area contributed by atoms with Crippen LogP contribution in [0.3, 0.4) is 0 Å². The van der Waals surface area contributed by atoms with Gasteiger partial charge in [-0.25, -0.2) is 9.39 Å². The van der Waals surface area contributed by atoms with Gasteiger partial charge in [-0.05, 0) is 29.7 Å². The van der Waals surface area contributed by atoms with Crippen molar-refractivity contribution >= 4 is 29.3 Å². The molecule has 0 radical (unpaired) electrons. The number of benzene rings is 1. The fraction of sp³-hybridized carbons (Fsp3) is 0.438. The van der Waals surface area contributed by atoms with Crippen molar-refractivity contribution in [3.8, 4) is 0 Å². The Hall–Kier alpha value is -1.01. The van der Waals surface area contributed by atoms with Gasteiger partial charge >= 0.3 is 5.97 Å². The number of nitrogens with zero attached hydrogens (tertiary/aromatic N) is 1. The summed E-state index contributed by atoms with van der Waals surface area (Å²) in [6.07, 6.45) is 2.93. The van der Waals surface area contributed by atoms with Gasteiger partial charge in [0.05, 0.1) is 12.1 Å². The maximum absolute atomic E-state index is 12.4. The van der Waals surface area contributed by atoms with E-state index in [-0.39, 0.29) is 10.6 Å². The van der Waals surface area contributed by atoms with Gasteiger partial charge in [-0.15, -0.1) is 11.8 Å². The second-order valence-corrected chi connectivity index (χ2v) is 6.90. The summed E-state index contributed by atoms with van der Waals surface area (Å²) in [5.41, 5.74) is 1.95. The lowest BCUT2D eigenvalue weighted by Gasteiger charge is -2.41. The number of hydrogen-bond donors (Lipinski definition) is 1. The lowest BCUT2D eigenvalue weighted by atomic mass is 10.00. The normalized spacial score (nSPS) is 23.3. The third kappa shape index (κ3) is 3.33. The molecule has 0 aromatic heterocycles. The van der Waals surface area contributed by atoms with E-state index >= 15 is 0 Å². The topological polar surface area (TPSA) is 52.3 Å². The molecule has 1 aliphatic rings. The number of ether oxygens (including phenoxy) is 1. The van der Waals surface area contributed by atoms with Crippen molar-refractivity contribution in [1.29, 1.82) is 0 Å². The van der Waals surface area contributed by atoms with Crippen LogP contribution in [0.1, 0.15) is 24.9 Å². The number of carbonyl (C=O) groups excluding carboxylic acids is 1. The highest BCUT2D eigenvalue weighted by molar-refractivity contribution is 8.02. The van der Waals surface area contributed by atoms with E-state index in [1.807, 2.05) is 18.2 Å². The zero-order valence-electron chi connectivity index (χ0n) is 13.1. The fourth-order valence-corrected chi connectivity index (χ4v) is 4.00. The van der Waals surface area contributed by atoms with Crippen molar-refractivity contribution in [2.45, 2.75) is 19.4 Å². The maximum atomic E-state index is 12.4. The Bertz CT molecular complexity index is 606. The van der Waals surface area contributed by atoms with E-state index in [0.29, 0.717) is 18.1 Å². The van der Waals surface area contributed by atoms with Gasteiger partial charge in [0.15, 0.2) is 0 Å². The second kappa shape index (κ2) is 7.04. The van der Waals surface area contributed by atoms with E-state index < -0.39 is 6.04 Å². The number of carbonyl (C=O) groups is 1. The average molecular weight is 342 g/mol. The van der Waals surface area contributed by atoms with Crippen LogP contribution in [-0.2, 0) is 9.53 Å². The first-order chi connectivity index (χ1) is 10.4. The van der Waals surface area contributed by atoms with E-state index in [0.717, 1.165) is 12.0 Å². The largest absolute Gasteiger partial charge is 0.464 e. The summed E-state index contributed by atoms with van der Waals surface area (Å²) in [5.74, 6) is 6.27. The van der Waals surface area contributed by atoms with Crippen LogP contribution in [0, 0.1) is 0 Å². The van der Waals surface area contributed by atoms with Crippen LogP contribution in [0.4, 0.5) is 0 Å². The molecule has 2 N–H and O–H groups in total. The molecule has 0 bridgehead atoms. The van der Waals surface area contributed by atoms with Crippen LogP contribution in [0.15, 0.2) is 34.7 Å². The quantitative estimate of drug-likeness (QED) is 0.518. The number of halogens is 1. The van der Waals surface area contributed by atoms with Crippen molar-refractivity contribution in [2.75, 3.05) is 26.5 Å². The van der Waals surface area contributed by atoms with Gasteiger partial charge in [-0.1, -0.05) is 29.8 Å². The smallest absolute Gasteiger partial charge is 0.371 e. The van der Waals surface area contributed by atoms with Crippen LogP contribution < -0.4 is 5.84 Å². The number of nitrogens with two attached hydrogens (primary N) is 1. The standard InChI is InChI=1S/C16H22ClN2O2S/c1-11-10-19(18,9-8-14(11)22-3)15(16(20)21-2)12-6-4-5-7-13(12)17/h4-7,15H,8-10,18H2,1-3H3/q+1/t15-,19?/m0/s1. The van der Waals surface area contributed by atoms with Crippen LogP contribution in [0.2, 0.25) is 5.02 Å². The molecule has 22 heavy (non-hydrogen) atoms. The molecule has 1 heterocycles. The highest BCUT2D eigenvalue weighted by atomic mass is 35.5. The maximum Gasteiger partial charge on any atom is 0.371 e. The average Bonchev–Trinajstić information content (AvgIpc) is 2.49. The Labute approximate surface area is 140 Å². The summed E-state index contributed by atoms with van der Waals surface area (Å²) in [7, 11) is 1.39. The van der Waals surface area contributed by atoms with E-state index in [2.05, 4.69) is 13.2 Å². The van der Waals surface area contributed by atoms with Gasteiger partial charge < -0.3 is 4.74 Å². The predicted octanol–water partition coefficient (Wildman–Crippen LogP) is 3.29. The molecule has 0 aliphatic carbocycles. The zero-order valence-corrected chi connectivity index (χ0v) is 14.7. The highest BCUT2D eigenvalue weighted by Gasteiger charge is 2.45. The first-order valence-electron chi connectivity index (χ1n) is 7.13. The summed E-state index contributed by atoms with van der Waals surface area (Å²) in [6, 6.07) is 6.72. The molecule has 0 saturated carbocycles. The minimum absolute atomic E-state index is 0.103. The van der Waals surface area contributed by atoms with Crippen LogP contribution in [-0.4, -0.2) is 37.0 Å². The summed E-state index contributed by atoms with van der Waals surface area (Å²) in [4.78, 5) is 13.8. The second-order valence-electron chi connectivity index (χ2n) is 5.59. The van der Waals surface area contributed by atoms with Gasteiger partial charge in [-0.3, -0.25) is 0 Å². The Morgan fingerprint density at radius 1 is 1.45 bits per heavy atom. The first kappa shape index (κ1) is 17.3. The van der Waals surface area contributed by atoms with Crippen molar-refractivity contribution in [1.82, 2.24) is 0 Å². The van der Waals surface area contributed by atoms with Crippen molar-refractivity contribution < 1.29 is 14.1 Å². The summed E-state index contributed by atoms with van der Waals surface area (Å²) in [6.45, 7) is 3.37. The van der Waals surface area contributed by atoms with E-state index in [1.165, 1.54) is 17.6 Å². The molecule has 0 amide bonds. The number of esters is 1. The molecular weight excluding hydrogens is 320 g/mol. The zero-order chi connectivity index (χ0) is 16.3. The Morgan fingerprint density at radius 3 is 2.68 bits per heavy atom. The SMILES string of the molecule is COC(=O)[C@H](c1ccccc1Cl)[N+]1(N)CCC(SC)=C(C)C1. The minimum atomic E-state index is -0.614. The highest BCUT2D eigenvalue weighted by Crippen LogP contribution is 2.37. The molecule has 2 rings (SSSR count). The van der Waals surface area contributed by atoms with Crippen molar-refractivity contribution in [3.05, 3.63) is 45.3 Å². The Kier molecular flexibility index (Phi) is 5.55. The van der Waals surface area contributed by atoms with Gasteiger partial charge in [0.1, 0.15) is 13.1 Å². The molecule has 1 aromatic rings. The predicted molar refractivity (Wildman–Crippen MR) is 91.2 cm³/mol. The molecular formula is C16H22ClN2O2S+. The van der Waals surface area contributed by atoms with Gasteiger partial charge in [-0.2, -0.15) is 5.84 Å². The molecule has 0 saturated heterocycles. The molecule has 120 valence electrons. The minimum Gasteiger partial charge on any atom is -0.464 e. The van der Waals surface area contributed by atoms with E-state index in [4.69, 9.17) is 22.2 Å². The summed E-state index contributed by atoms with van der Waals surface area (Å²) >= 11 is 8.06. The van der Waals surface area contributed by atoms with Crippen LogP contribution >= 0.6 is 23.4 Å². The van der Waals surface area contributed by atoms with Crippen molar-refractivity contribution in [3.63, 3.8) is 0 Å². The first-order valence-corrected chi connectivity index (χ1v) is 8.73. The lowest BCUT2D eigenvalue weighted by Crippen LogP contribution is -2.61. The monoisotopic (exact) mass is 341 g/mol. The fourth-order valence-electron chi connectivity index (χ4n) is 3.05.